The SMILES string of the molecule is CCc1cc2c(SCC(=O)Nc3ccon3)ncnc2s1. The van der Waals surface area contributed by atoms with Gasteiger partial charge in [-0.25, -0.2) is 9.97 Å². The molecule has 0 aliphatic carbocycles. The first-order valence-electron chi connectivity index (χ1n) is 6.32. The van der Waals surface area contributed by atoms with Crippen molar-refractivity contribution in [2.75, 3.05) is 11.1 Å². The molecule has 0 aliphatic heterocycles. The first-order chi connectivity index (χ1) is 10.3. The highest BCUT2D eigenvalue weighted by Crippen LogP contribution is 2.30. The Morgan fingerprint density at radius 1 is 1.48 bits per heavy atom. The summed E-state index contributed by atoms with van der Waals surface area (Å²) in [6.07, 6.45) is 3.92. The van der Waals surface area contributed by atoms with Crippen molar-refractivity contribution >= 4 is 45.0 Å². The molecule has 0 bridgehead atoms. The molecule has 0 aliphatic rings. The Kier molecular flexibility index (Phi) is 4.16. The van der Waals surface area contributed by atoms with Gasteiger partial charge in [-0.15, -0.1) is 11.3 Å². The highest BCUT2D eigenvalue weighted by molar-refractivity contribution is 8.00. The number of nitrogens with one attached hydrogen (secondary N) is 1. The smallest absolute Gasteiger partial charge is 0.236 e. The van der Waals surface area contributed by atoms with Crippen LogP contribution >= 0.6 is 23.1 Å². The van der Waals surface area contributed by atoms with Crippen molar-refractivity contribution in [3.63, 3.8) is 0 Å². The van der Waals surface area contributed by atoms with Crippen molar-refractivity contribution < 1.29 is 9.32 Å². The number of carbonyl (C=O) groups is 1. The topological polar surface area (TPSA) is 80.9 Å². The van der Waals surface area contributed by atoms with Crippen LogP contribution in [0.3, 0.4) is 0 Å². The van der Waals surface area contributed by atoms with E-state index in [1.807, 2.05) is 0 Å². The minimum Gasteiger partial charge on any atom is -0.363 e. The van der Waals surface area contributed by atoms with E-state index in [9.17, 15) is 4.79 Å². The Bertz CT molecular complexity index is 755. The molecule has 1 N–H and O–H groups in total. The van der Waals surface area contributed by atoms with Gasteiger partial charge in [-0.2, -0.15) is 0 Å². The summed E-state index contributed by atoms with van der Waals surface area (Å²) >= 11 is 3.05. The number of hydrogen-bond acceptors (Lipinski definition) is 7. The quantitative estimate of drug-likeness (QED) is 0.575. The van der Waals surface area contributed by atoms with Gasteiger partial charge in [0.05, 0.1) is 5.75 Å². The molecule has 8 heteroatoms. The average molecular weight is 320 g/mol. The number of aromatic nitrogens is 3. The Hall–Kier alpha value is -1.93. The molecule has 3 aromatic rings. The van der Waals surface area contributed by atoms with Gasteiger partial charge in [-0.05, 0) is 12.5 Å². The molecule has 1 amide bonds. The third kappa shape index (κ3) is 3.22. The second-order valence-electron chi connectivity index (χ2n) is 4.19. The Labute approximate surface area is 129 Å². The molecule has 3 rings (SSSR count). The molecule has 108 valence electrons. The standard InChI is InChI=1S/C13H12N4O2S2/c1-2-8-5-9-12(14-7-15-13(9)21-8)20-6-11(18)16-10-3-4-19-17-10/h3-5,7H,2,6H2,1H3,(H,16,17,18). The molecule has 3 heterocycles. The van der Waals surface area contributed by atoms with Gasteiger partial charge in [0.25, 0.3) is 0 Å². The summed E-state index contributed by atoms with van der Waals surface area (Å²) in [7, 11) is 0. The molecule has 0 unspecified atom stereocenters. The summed E-state index contributed by atoms with van der Waals surface area (Å²) < 4.78 is 4.66. The van der Waals surface area contributed by atoms with Crippen LogP contribution in [0.2, 0.25) is 0 Å². The first-order valence-corrected chi connectivity index (χ1v) is 8.13. The van der Waals surface area contributed by atoms with Crippen molar-refractivity contribution in [3.8, 4) is 0 Å². The lowest BCUT2D eigenvalue weighted by atomic mass is 10.3. The van der Waals surface area contributed by atoms with E-state index in [0.29, 0.717) is 5.82 Å². The third-order valence-corrected chi connectivity index (χ3v) is 4.93. The average Bonchev–Trinajstić information content (AvgIpc) is 3.13. The minimum atomic E-state index is -0.147. The highest BCUT2D eigenvalue weighted by atomic mass is 32.2. The van der Waals surface area contributed by atoms with E-state index in [1.54, 1.807) is 17.4 Å². The van der Waals surface area contributed by atoms with Crippen LogP contribution in [-0.2, 0) is 11.2 Å². The van der Waals surface area contributed by atoms with Crippen molar-refractivity contribution in [3.05, 3.63) is 29.6 Å². The third-order valence-electron chi connectivity index (χ3n) is 2.74. The molecule has 0 saturated heterocycles. The zero-order chi connectivity index (χ0) is 14.7. The van der Waals surface area contributed by atoms with Crippen LogP contribution in [0.4, 0.5) is 5.82 Å². The summed E-state index contributed by atoms with van der Waals surface area (Å²) in [4.78, 5) is 22.6. The monoisotopic (exact) mass is 320 g/mol. The molecule has 0 fully saturated rings. The summed E-state index contributed by atoms with van der Waals surface area (Å²) in [5.41, 5.74) is 0. The van der Waals surface area contributed by atoms with E-state index in [4.69, 9.17) is 0 Å². The fraction of sp³-hybridized carbons (Fsp3) is 0.231. The van der Waals surface area contributed by atoms with E-state index < -0.39 is 0 Å². The predicted octanol–water partition coefficient (Wildman–Crippen LogP) is 2.97. The van der Waals surface area contributed by atoms with E-state index in [2.05, 4.69) is 38.0 Å². The van der Waals surface area contributed by atoms with Crippen molar-refractivity contribution in [1.82, 2.24) is 15.1 Å². The lowest BCUT2D eigenvalue weighted by Gasteiger charge is -2.02. The van der Waals surface area contributed by atoms with Gasteiger partial charge < -0.3 is 9.84 Å². The molecule has 21 heavy (non-hydrogen) atoms. The molecule has 0 radical (unpaired) electrons. The predicted molar refractivity (Wildman–Crippen MR) is 82.6 cm³/mol. The van der Waals surface area contributed by atoms with E-state index in [-0.39, 0.29) is 11.7 Å². The lowest BCUT2D eigenvalue weighted by molar-refractivity contribution is -0.113. The molecule has 0 saturated carbocycles. The number of rotatable bonds is 5. The van der Waals surface area contributed by atoms with Gasteiger partial charge >= 0.3 is 0 Å². The van der Waals surface area contributed by atoms with Gasteiger partial charge in [0, 0.05) is 16.3 Å². The largest absolute Gasteiger partial charge is 0.363 e. The zero-order valence-corrected chi connectivity index (χ0v) is 12.8. The molecule has 0 aromatic carbocycles. The number of anilines is 1. The van der Waals surface area contributed by atoms with Crippen molar-refractivity contribution in [1.29, 1.82) is 0 Å². The highest BCUT2D eigenvalue weighted by Gasteiger charge is 2.11. The normalized spacial score (nSPS) is 10.9. The van der Waals surface area contributed by atoms with Crippen LogP contribution in [0.5, 0.6) is 0 Å². The van der Waals surface area contributed by atoms with E-state index in [1.165, 1.54) is 29.2 Å². The van der Waals surface area contributed by atoms with Gasteiger partial charge in [-0.1, -0.05) is 23.8 Å². The second-order valence-corrected chi connectivity index (χ2v) is 6.26. The molecule has 0 spiro atoms. The molecular weight excluding hydrogens is 308 g/mol. The number of nitrogens with zero attached hydrogens (tertiary/aromatic N) is 3. The minimum absolute atomic E-state index is 0.147. The Morgan fingerprint density at radius 3 is 3.14 bits per heavy atom. The van der Waals surface area contributed by atoms with Crippen molar-refractivity contribution in [2.24, 2.45) is 0 Å². The molecule has 0 atom stereocenters. The summed E-state index contributed by atoms with van der Waals surface area (Å²) in [6, 6.07) is 3.69. The number of fused-ring (bicyclic) bond motifs is 1. The molecular formula is C13H12N4O2S2. The number of thiophene rings is 1. The maximum absolute atomic E-state index is 11.8. The number of aryl methyl sites for hydroxylation is 1. The second kappa shape index (κ2) is 6.23. The van der Waals surface area contributed by atoms with Gasteiger partial charge in [0.15, 0.2) is 5.82 Å². The van der Waals surface area contributed by atoms with Gasteiger partial charge in [-0.3, -0.25) is 4.79 Å². The zero-order valence-electron chi connectivity index (χ0n) is 11.2. The van der Waals surface area contributed by atoms with Crippen LogP contribution < -0.4 is 5.32 Å². The fourth-order valence-corrected chi connectivity index (χ4v) is 3.54. The van der Waals surface area contributed by atoms with Gasteiger partial charge in [0.1, 0.15) is 22.4 Å². The number of hydrogen-bond donors (Lipinski definition) is 1. The van der Waals surface area contributed by atoms with Crippen LogP contribution in [0.25, 0.3) is 10.2 Å². The fourth-order valence-electron chi connectivity index (χ4n) is 1.76. The number of carbonyl (C=O) groups excluding carboxylic acids is 1. The maximum Gasteiger partial charge on any atom is 0.236 e. The van der Waals surface area contributed by atoms with E-state index >= 15 is 0 Å². The van der Waals surface area contributed by atoms with E-state index in [0.717, 1.165) is 21.7 Å². The van der Waals surface area contributed by atoms with Crippen LogP contribution in [-0.4, -0.2) is 26.8 Å². The summed E-state index contributed by atoms with van der Waals surface area (Å²) in [6.45, 7) is 2.11. The summed E-state index contributed by atoms with van der Waals surface area (Å²) in [5, 5.41) is 8.12. The van der Waals surface area contributed by atoms with Crippen LogP contribution in [0, 0.1) is 0 Å². The molecule has 3 aromatic heterocycles. The maximum atomic E-state index is 11.8. The number of thioether (sulfide) groups is 1. The van der Waals surface area contributed by atoms with Crippen LogP contribution in [0.1, 0.15) is 11.8 Å². The summed E-state index contributed by atoms with van der Waals surface area (Å²) in [5.74, 6) is 0.528. The van der Waals surface area contributed by atoms with Crippen LogP contribution in [0.15, 0.2) is 34.3 Å². The first kappa shape index (κ1) is 14.0. The number of amides is 1. The van der Waals surface area contributed by atoms with Gasteiger partial charge in [0.2, 0.25) is 5.91 Å². The molecule has 6 nitrogen and oxygen atoms in total. The Morgan fingerprint density at radius 2 is 2.38 bits per heavy atom. The Balaban J connectivity index is 1.70. The lowest BCUT2D eigenvalue weighted by Crippen LogP contribution is -2.14. The van der Waals surface area contributed by atoms with Crippen molar-refractivity contribution in [2.45, 2.75) is 18.4 Å².